The van der Waals surface area contributed by atoms with Gasteiger partial charge in [0.1, 0.15) is 6.10 Å². The predicted molar refractivity (Wildman–Crippen MR) is 58.9 cm³/mol. The van der Waals surface area contributed by atoms with Crippen molar-refractivity contribution in [2.75, 3.05) is 13.1 Å². The molecule has 2 unspecified atom stereocenters. The fourth-order valence-electron chi connectivity index (χ4n) is 2.22. The highest BCUT2D eigenvalue weighted by atomic mass is 16.6. The van der Waals surface area contributed by atoms with Gasteiger partial charge in [0.15, 0.2) is 0 Å². The quantitative estimate of drug-likeness (QED) is 0.745. The summed E-state index contributed by atoms with van der Waals surface area (Å²) in [6.07, 6.45) is 0.251. The third-order valence-corrected chi connectivity index (χ3v) is 3.14. The predicted octanol–water partition coefficient (Wildman–Crippen LogP) is 1.32. The van der Waals surface area contributed by atoms with Gasteiger partial charge in [0.05, 0.1) is 11.6 Å². The maximum absolute atomic E-state index is 5.40. The third kappa shape index (κ3) is 1.43. The zero-order valence-corrected chi connectivity index (χ0v) is 8.73. The fourth-order valence-corrected chi connectivity index (χ4v) is 2.22. The van der Waals surface area contributed by atoms with Crippen LogP contribution in [0.15, 0.2) is 29.4 Å². The summed E-state index contributed by atoms with van der Waals surface area (Å²) in [5.41, 5.74) is 3.57. The second-order valence-corrected chi connectivity index (χ2v) is 4.25. The van der Waals surface area contributed by atoms with Crippen LogP contribution in [-0.4, -0.2) is 24.9 Å². The van der Waals surface area contributed by atoms with Crippen molar-refractivity contribution >= 4 is 5.71 Å². The molecule has 2 atom stereocenters. The fraction of sp³-hybridized carbons (Fsp3) is 0.417. The van der Waals surface area contributed by atoms with E-state index in [0.29, 0.717) is 5.92 Å². The lowest BCUT2D eigenvalue weighted by Gasteiger charge is -2.07. The first-order valence-electron chi connectivity index (χ1n) is 5.36. The van der Waals surface area contributed by atoms with E-state index in [1.807, 2.05) is 0 Å². The van der Waals surface area contributed by atoms with Crippen molar-refractivity contribution in [1.29, 1.82) is 0 Å². The minimum atomic E-state index is 0.251. The van der Waals surface area contributed by atoms with Crippen molar-refractivity contribution in [3.05, 3.63) is 35.4 Å². The second-order valence-electron chi connectivity index (χ2n) is 4.25. The Bertz CT molecular complexity index is 397. The summed E-state index contributed by atoms with van der Waals surface area (Å²) in [6.45, 7) is 4.00. The van der Waals surface area contributed by atoms with Crippen LogP contribution in [0.25, 0.3) is 0 Å². The Balaban J connectivity index is 1.91. The maximum atomic E-state index is 5.40. The Labute approximate surface area is 89.1 Å². The molecular formula is C12H14N2O. The minimum absolute atomic E-state index is 0.251. The van der Waals surface area contributed by atoms with Crippen LogP contribution < -0.4 is 5.32 Å². The van der Waals surface area contributed by atoms with Gasteiger partial charge in [0, 0.05) is 13.1 Å². The number of aryl methyl sites for hydroxylation is 1. The van der Waals surface area contributed by atoms with Crippen LogP contribution in [0.1, 0.15) is 11.1 Å². The molecule has 2 aliphatic heterocycles. The lowest BCUT2D eigenvalue weighted by molar-refractivity contribution is 0.0842. The SMILES string of the molecule is Cc1ccc(C2=NOC3CNCC23)cc1. The van der Waals surface area contributed by atoms with Crippen molar-refractivity contribution < 1.29 is 4.84 Å². The van der Waals surface area contributed by atoms with Crippen LogP contribution in [0, 0.1) is 12.8 Å². The molecule has 0 saturated carbocycles. The first-order valence-corrected chi connectivity index (χ1v) is 5.36. The second kappa shape index (κ2) is 3.35. The summed E-state index contributed by atoms with van der Waals surface area (Å²) >= 11 is 0. The van der Waals surface area contributed by atoms with Gasteiger partial charge in [0.2, 0.25) is 0 Å². The largest absolute Gasteiger partial charge is 0.390 e. The maximum Gasteiger partial charge on any atom is 0.149 e. The van der Waals surface area contributed by atoms with Gasteiger partial charge in [-0.2, -0.15) is 0 Å². The van der Waals surface area contributed by atoms with E-state index in [4.69, 9.17) is 4.84 Å². The van der Waals surface area contributed by atoms with Crippen LogP contribution in [0.4, 0.5) is 0 Å². The van der Waals surface area contributed by atoms with Gasteiger partial charge in [-0.1, -0.05) is 35.0 Å². The lowest BCUT2D eigenvalue weighted by Crippen LogP contribution is -2.21. The molecule has 0 amide bonds. The monoisotopic (exact) mass is 202 g/mol. The molecule has 1 saturated heterocycles. The number of benzene rings is 1. The Hall–Kier alpha value is -1.35. The molecule has 0 aromatic heterocycles. The molecule has 1 aromatic carbocycles. The Morgan fingerprint density at radius 2 is 2.07 bits per heavy atom. The van der Waals surface area contributed by atoms with Crippen molar-refractivity contribution in [3.8, 4) is 0 Å². The summed E-state index contributed by atoms with van der Waals surface area (Å²) in [6, 6.07) is 8.48. The first-order chi connectivity index (χ1) is 7.34. The van der Waals surface area contributed by atoms with Crippen LogP contribution in [0.3, 0.4) is 0 Å². The number of fused-ring (bicyclic) bond motifs is 1. The molecule has 0 spiro atoms. The Morgan fingerprint density at radius 3 is 2.87 bits per heavy atom. The smallest absolute Gasteiger partial charge is 0.149 e. The van der Waals surface area contributed by atoms with Gasteiger partial charge in [0.25, 0.3) is 0 Å². The highest BCUT2D eigenvalue weighted by Crippen LogP contribution is 2.25. The van der Waals surface area contributed by atoms with E-state index in [1.54, 1.807) is 0 Å². The number of oxime groups is 1. The van der Waals surface area contributed by atoms with Gasteiger partial charge in [-0.15, -0.1) is 0 Å². The highest BCUT2D eigenvalue weighted by molar-refractivity contribution is 6.03. The summed E-state index contributed by atoms with van der Waals surface area (Å²) in [7, 11) is 0. The van der Waals surface area contributed by atoms with E-state index < -0.39 is 0 Å². The summed E-state index contributed by atoms with van der Waals surface area (Å²) in [5, 5.41) is 7.53. The molecule has 78 valence electrons. The highest BCUT2D eigenvalue weighted by Gasteiger charge is 2.38. The van der Waals surface area contributed by atoms with E-state index in [0.717, 1.165) is 18.8 Å². The first kappa shape index (κ1) is 8.92. The molecule has 2 heterocycles. The van der Waals surface area contributed by atoms with E-state index in [1.165, 1.54) is 11.1 Å². The lowest BCUT2D eigenvalue weighted by atomic mass is 9.94. The van der Waals surface area contributed by atoms with Gasteiger partial charge < -0.3 is 10.2 Å². The van der Waals surface area contributed by atoms with Crippen molar-refractivity contribution in [1.82, 2.24) is 5.32 Å². The van der Waals surface area contributed by atoms with Crippen LogP contribution in [0.2, 0.25) is 0 Å². The van der Waals surface area contributed by atoms with E-state index in [2.05, 4.69) is 41.7 Å². The zero-order chi connectivity index (χ0) is 10.3. The minimum Gasteiger partial charge on any atom is -0.390 e. The summed E-state index contributed by atoms with van der Waals surface area (Å²) in [5.74, 6) is 0.438. The van der Waals surface area contributed by atoms with E-state index >= 15 is 0 Å². The van der Waals surface area contributed by atoms with Crippen molar-refractivity contribution in [2.24, 2.45) is 11.1 Å². The zero-order valence-electron chi connectivity index (χ0n) is 8.73. The molecule has 0 bridgehead atoms. The van der Waals surface area contributed by atoms with Gasteiger partial charge in [-0.25, -0.2) is 0 Å². The number of nitrogens with one attached hydrogen (secondary N) is 1. The molecule has 3 rings (SSSR count). The van der Waals surface area contributed by atoms with Gasteiger partial charge in [-0.3, -0.25) is 0 Å². The number of hydrogen-bond donors (Lipinski definition) is 1. The number of hydrogen-bond acceptors (Lipinski definition) is 3. The molecule has 0 radical (unpaired) electrons. The molecular weight excluding hydrogens is 188 g/mol. The van der Waals surface area contributed by atoms with Crippen LogP contribution in [0.5, 0.6) is 0 Å². The molecule has 15 heavy (non-hydrogen) atoms. The van der Waals surface area contributed by atoms with Crippen molar-refractivity contribution in [2.45, 2.75) is 13.0 Å². The molecule has 2 aliphatic rings. The average Bonchev–Trinajstić information content (AvgIpc) is 2.80. The number of rotatable bonds is 1. The van der Waals surface area contributed by atoms with Gasteiger partial charge in [-0.05, 0) is 12.5 Å². The van der Waals surface area contributed by atoms with Gasteiger partial charge >= 0.3 is 0 Å². The van der Waals surface area contributed by atoms with E-state index in [-0.39, 0.29) is 6.10 Å². The molecule has 3 nitrogen and oxygen atoms in total. The van der Waals surface area contributed by atoms with E-state index in [9.17, 15) is 0 Å². The normalized spacial score (nSPS) is 28.5. The van der Waals surface area contributed by atoms with Crippen molar-refractivity contribution in [3.63, 3.8) is 0 Å². The topological polar surface area (TPSA) is 33.6 Å². The Morgan fingerprint density at radius 1 is 1.27 bits per heavy atom. The molecule has 1 N–H and O–H groups in total. The van der Waals surface area contributed by atoms with Crippen LogP contribution in [-0.2, 0) is 4.84 Å². The molecule has 3 heteroatoms. The average molecular weight is 202 g/mol. The third-order valence-electron chi connectivity index (χ3n) is 3.14. The Kier molecular flexibility index (Phi) is 1.99. The standard InChI is InChI=1S/C12H14N2O/c1-8-2-4-9(5-3-8)12-10-6-13-7-11(10)15-14-12/h2-5,10-11,13H,6-7H2,1H3. The number of nitrogens with zero attached hydrogens (tertiary/aromatic N) is 1. The summed E-state index contributed by atoms with van der Waals surface area (Å²) in [4.78, 5) is 5.40. The summed E-state index contributed by atoms with van der Waals surface area (Å²) < 4.78 is 0. The molecule has 1 fully saturated rings. The molecule has 0 aliphatic carbocycles. The van der Waals surface area contributed by atoms with Crippen LogP contribution >= 0.6 is 0 Å². The molecule has 1 aromatic rings.